The van der Waals surface area contributed by atoms with Crippen molar-refractivity contribution in [2.24, 2.45) is 0 Å². The van der Waals surface area contributed by atoms with Crippen molar-refractivity contribution in [1.82, 2.24) is 4.72 Å². The van der Waals surface area contributed by atoms with Crippen LogP contribution in [0.15, 0.2) is 29.2 Å². The summed E-state index contributed by atoms with van der Waals surface area (Å²) in [6, 6.07) is 6.82. The number of hydrogen-bond acceptors (Lipinski definition) is 4. The first-order valence-electron chi connectivity index (χ1n) is 6.90. The molecule has 0 aliphatic carbocycles. The molecule has 112 valence electrons. The van der Waals surface area contributed by atoms with Crippen LogP contribution in [0.4, 0.5) is 0 Å². The van der Waals surface area contributed by atoms with Gasteiger partial charge in [0.25, 0.3) is 0 Å². The van der Waals surface area contributed by atoms with E-state index in [1.165, 1.54) is 0 Å². The normalized spacial score (nSPS) is 19.4. The van der Waals surface area contributed by atoms with Gasteiger partial charge in [-0.3, -0.25) is 0 Å². The molecule has 1 heterocycles. The molecule has 0 amide bonds. The highest BCUT2D eigenvalue weighted by molar-refractivity contribution is 7.89. The van der Waals surface area contributed by atoms with Gasteiger partial charge in [0.05, 0.1) is 17.6 Å². The summed E-state index contributed by atoms with van der Waals surface area (Å²) in [4.78, 5) is 0.271. The number of nitrogens with one attached hydrogen (secondary N) is 1. The number of ether oxygens (including phenoxy) is 2. The monoisotopic (exact) mass is 299 g/mol. The van der Waals surface area contributed by atoms with Gasteiger partial charge < -0.3 is 9.47 Å². The summed E-state index contributed by atoms with van der Waals surface area (Å²) in [7, 11) is -3.48. The third-order valence-corrected chi connectivity index (χ3v) is 4.63. The Morgan fingerprint density at radius 2 is 2.30 bits per heavy atom. The number of hydrogen-bond donors (Lipinski definition) is 1. The van der Waals surface area contributed by atoms with Gasteiger partial charge in [0, 0.05) is 19.8 Å². The Morgan fingerprint density at radius 1 is 1.45 bits per heavy atom. The van der Waals surface area contributed by atoms with E-state index in [1.54, 1.807) is 18.2 Å². The van der Waals surface area contributed by atoms with Crippen molar-refractivity contribution >= 4 is 10.0 Å². The maximum atomic E-state index is 12.2. The molecule has 20 heavy (non-hydrogen) atoms. The Morgan fingerprint density at radius 3 is 3.00 bits per heavy atom. The largest absolute Gasteiger partial charge is 0.377 e. The first kappa shape index (κ1) is 15.4. The SMILES string of the molecule is CCOCc1cccc(S(=O)(=O)NCC2CCCO2)c1. The zero-order valence-corrected chi connectivity index (χ0v) is 12.5. The molecule has 1 aliphatic heterocycles. The van der Waals surface area contributed by atoms with E-state index in [0.717, 1.165) is 25.0 Å². The summed E-state index contributed by atoms with van der Waals surface area (Å²) in [6.45, 7) is 3.98. The molecule has 0 bridgehead atoms. The lowest BCUT2D eigenvalue weighted by Crippen LogP contribution is -2.31. The fraction of sp³-hybridized carbons (Fsp3) is 0.571. The van der Waals surface area contributed by atoms with E-state index < -0.39 is 10.0 Å². The predicted octanol–water partition coefficient (Wildman–Crippen LogP) is 1.68. The van der Waals surface area contributed by atoms with Crippen LogP contribution in [0.5, 0.6) is 0 Å². The van der Waals surface area contributed by atoms with Gasteiger partial charge in [-0.1, -0.05) is 12.1 Å². The second-order valence-corrected chi connectivity index (χ2v) is 6.54. The van der Waals surface area contributed by atoms with E-state index in [1.807, 2.05) is 13.0 Å². The number of sulfonamides is 1. The topological polar surface area (TPSA) is 64.6 Å². The van der Waals surface area contributed by atoms with E-state index in [0.29, 0.717) is 19.8 Å². The Labute approximate surface area is 120 Å². The van der Waals surface area contributed by atoms with E-state index in [-0.39, 0.29) is 11.0 Å². The zero-order chi connectivity index (χ0) is 14.4. The van der Waals surface area contributed by atoms with Crippen LogP contribution in [-0.2, 0) is 26.1 Å². The van der Waals surface area contributed by atoms with Gasteiger partial charge in [-0.2, -0.15) is 0 Å². The van der Waals surface area contributed by atoms with Gasteiger partial charge in [-0.15, -0.1) is 0 Å². The molecule has 1 saturated heterocycles. The Balaban J connectivity index is 2.00. The van der Waals surface area contributed by atoms with Crippen molar-refractivity contribution < 1.29 is 17.9 Å². The molecule has 1 fully saturated rings. The van der Waals surface area contributed by atoms with Gasteiger partial charge in [0.15, 0.2) is 0 Å². The molecule has 0 saturated carbocycles. The fourth-order valence-electron chi connectivity index (χ4n) is 2.11. The van der Waals surface area contributed by atoms with Gasteiger partial charge in [0.1, 0.15) is 0 Å². The molecule has 1 aliphatic rings. The molecule has 0 spiro atoms. The third kappa shape index (κ3) is 4.28. The van der Waals surface area contributed by atoms with E-state index in [4.69, 9.17) is 9.47 Å². The lowest BCUT2D eigenvalue weighted by molar-refractivity contribution is 0.114. The summed E-state index contributed by atoms with van der Waals surface area (Å²) in [5.74, 6) is 0. The minimum absolute atomic E-state index is 0.00335. The van der Waals surface area contributed by atoms with E-state index >= 15 is 0 Å². The Bertz CT molecular complexity index is 524. The molecule has 1 unspecified atom stereocenters. The molecule has 1 N–H and O–H groups in total. The first-order chi connectivity index (χ1) is 9.62. The van der Waals surface area contributed by atoms with Crippen molar-refractivity contribution in [1.29, 1.82) is 0 Å². The second kappa shape index (κ2) is 7.17. The maximum Gasteiger partial charge on any atom is 0.240 e. The smallest absolute Gasteiger partial charge is 0.240 e. The highest BCUT2D eigenvalue weighted by Crippen LogP contribution is 2.15. The Hall–Kier alpha value is -0.950. The predicted molar refractivity (Wildman–Crippen MR) is 75.9 cm³/mol. The molecule has 0 radical (unpaired) electrons. The molecular formula is C14H21NO4S. The number of benzene rings is 1. The van der Waals surface area contributed by atoms with Gasteiger partial charge in [0.2, 0.25) is 10.0 Å². The van der Waals surface area contributed by atoms with Crippen LogP contribution in [0, 0.1) is 0 Å². The maximum absolute atomic E-state index is 12.2. The van der Waals surface area contributed by atoms with Crippen molar-refractivity contribution in [2.45, 2.75) is 37.4 Å². The van der Waals surface area contributed by atoms with E-state index in [2.05, 4.69) is 4.72 Å². The van der Waals surface area contributed by atoms with Gasteiger partial charge in [-0.25, -0.2) is 13.1 Å². The highest BCUT2D eigenvalue weighted by Gasteiger charge is 2.20. The minimum Gasteiger partial charge on any atom is -0.377 e. The molecule has 5 nitrogen and oxygen atoms in total. The standard InChI is InChI=1S/C14H21NO4S/c1-2-18-11-12-5-3-7-14(9-12)20(16,17)15-10-13-6-4-8-19-13/h3,5,7,9,13,15H,2,4,6,8,10-11H2,1H3. The lowest BCUT2D eigenvalue weighted by Gasteiger charge is -2.12. The average molecular weight is 299 g/mol. The van der Waals surface area contributed by atoms with Gasteiger partial charge >= 0.3 is 0 Å². The molecular weight excluding hydrogens is 278 g/mol. The quantitative estimate of drug-likeness (QED) is 0.832. The first-order valence-corrected chi connectivity index (χ1v) is 8.38. The molecule has 1 atom stereocenters. The number of rotatable bonds is 7. The van der Waals surface area contributed by atoms with Crippen LogP contribution >= 0.6 is 0 Å². The van der Waals surface area contributed by atoms with Crippen LogP contribution < -0.4 is 4.72 Å². The van der Waals surface area contributed by atoms with Crippen molar-refractivity contribution in [2.75, 3.05) is 19.8 Å². The Kier molecular flexibility index (Phi) is 5.54. The lowest BCUT2D eigenvalue weighted by atomic mass is 10.2. The van der Waals surface area contributed by atoms with E-state index in [9.17, 15) is 8.42 Å². The van der Waals surface area contributed by atoms with Crippen LogP contribution in [0.25, 0.3) is 0 Å². The van der Waals surface area contributed by atoms with Crippen LogP contribution in [0.1, 0.15) is 25.3 Å². The molecule has 1 aromatic carbocycles. The van der Waals surface area contributed by atoms with Crippen molar-refractivity contribution in [3.05, 3.63) is 29.8 Å². The molecule has 0 aromatic heterocycles. The third-order valence-electron chi connectivity index (χ3n) is 3.21. The average Bonchev–Trinajstić information content (AvgIpc) is 2.97. The van der Waals surface area contributed by atoms with Crippen LogP contribution in [-0.4, -0.2) is 34.3 Å². The van der Waals surface area contributed by atoms with Crippen LogP contribution in [0.3, 0.4) is 0 Å². The van der Waals surface area contributed by atoms with Crippen molar-refractivity contribution in [3.8, 4) is 0 Å². The summed E-state index contributed by atoms with van der Waals surface area (Å²) >= 11 is 0. The molecule has 1 aromatic rings. The molecule has 6 heteroatoms. The van der Waals surface area contributed by atoms with Crippen molar-refractivity contribution in [3.63, 3.8) is 0 Å². The summed E-state index contributed by atoms with van der Waals surface area (Å²) in [5.41, 5.74) is 0.854. The minimum atomic E-state index is -3.48. The zero-order valence-electron chi connectivity index (χ0n) is 11.7. The summed E-state index contributed by atoms with van der Waals surface area (Å²) in [6.07, 6.45) is 1.90. The second-order valence-electron chi connectivity index (χ2n) is 4.77. The fourth-order valence-corrected chi connectivity index (χ4v) is 3.25. The van der Waals surface area contributed by atoms with Gasteiger partial charge in [-0.05, 0) is 37.5 Å². The summed E-state index contributed by atoms with van der Waals surface area (Å²) in [5, 5.41) is 0. The highest BCUT2D eigenvalue weighted by atomic mass is 32.2. The summed E-state index contributed by atoms with van der Waals surface area (Å²) < 4.78 is 37.7. The van der Waals surface area contributed by atoms with Crippen LogP contribution in [0.2, 0.25) is 0 Å². The molecule has 2 rings (SSSR count).